The monoisotopic (exact) mass is 546 g/mol. The van der Waals surface area contributed by atoms with E-state index in [2.05, 4.69) is 16.5 Å². The van der Waals surface area contributed by atoms with Crippen LogP contribution < -0.4 is 9.64 Å². The van der Waals surface area contributed by atoms with Crippen LogP contribution in [0.2, 0.25) is 0 Å². The highest BCUT2D eigenvalue weighted by Crippen LogP contribution is 2.29. The first-order chi connectivity index (χ1) is 19.0. The van der Waals surface area contributed by atoms with E-state index in [9.17, 15) is 13.6 Å². The standard InChI is InChI=1S/C32H36F2N4O2/c1-23-18-28(31(39)37(20-24(2)33)22-32(4,5)34)8-11-30(23)38(21-27-12-15-36-16-13-27)25(3)19-26-6-9-29(10-7-26)40-17-14-35/h6-13,15-16,18,24H,3,17,19-22H2,1-2,4-5H3. The molecule has 0 bridgehead atoms. The molecule has 0 radical (unpaired) electrons. The van der Waals surface area contributed by atoms with E-state index in [0.29, 0.717) is 24.3 Å². The lowest BCUT2D eigenvalue weighted by Gasteiger charge is -2.30. The van der Waals surface area contributed by atoms with E-state index < -0.39 is 17.7 Å². The number of ether oxygens (including phenoxy) is 1. The molecule has 3 aromatic rings. The number of rotatable bonds is 13. The molecule has 1 unspecified atom stereocenters. The molecule has 0 aliphatic carbocycles. The summed E-state index contributed by atoms with van der Waals surface area (Å²) in [6.45, 7) is 10.5. The van der Waals surface area contributed by atoms with Gasteiger partial charge in [0.2, 0.25) is 0 Å². The highest BCUT2D eigenvalue weighted by atomic mass is 19.1. The maximum atomic E-state index is 14.4. The number of aryl methyl sites for hydroxylation is 1. The van der Waals surface area contributed by atoms with E-state index in [1.807, 2.05) is 55.5 Å². The van der Waals surface area contributed by atoms with Gasteiger partial charge in [-0.1, -0.05) is 18.7 Å². The molecule has 0 N–H and O–H groups in total. The molecule has 3 rings (SSSR count). The number of pyridine rings is 1. The molecular formula is C32H36F2N4O2. The predicted molar refractivity (Wildman–Crippen MR) is 154 cm³/mol. The summed E-state index contributed by atoms with van der Waals surface area (Å²) < 4.78 is 33.6. The molecule has 8 heteroatoms. The number of amides is 1. The molecule has 210 valence electrons. The van der Waals surface area contributed by atoms with E-state index >= 15 is 0 Å². The van der Waals surface area contributed by atoms with Crippen molar-refractivity contribution in [3.63, 3.8) is 0 Å². The van der Waals surface area contributed by atoms with Gasteiger partial charge in [-0.3, -0.25) is 9.78 Å². The van der Waals surface area contributed by atoms with Gasteiger partial charge >= 0.3 is 0 Å². The lowest BCUT2D eigenvalue weighted by Crippen LogP contribution is -2.42. The van der Waals surface area contributed by atoms with Crippen molar-refractivity contribution in [2.24, 2.45) is 0 Å². The number of allylic oxidation sites excluding steroid dienone is 1. The van der Waals surface area contributed by atoms with Crippen molar-refractivity contribution in [3.8, 4) is 11.8 Å². The molecule has 0 aliphatic rings. The van der Waals surface area contributed by atoms with Crippen LogP contribution in [0.3, 0.4) is 0 Å². The first-order valence-electron chi connectivity index (χ1n) is 13.1. The summed E-state index contributed by atoms with van der Waals surface area (Å²) >= 11 is 0. The summed E-state index contributed by atoms with van der Waals surface area (Å²) in [6, 6.07) is 18.6. The maximum Gasteiger partial charge on any atom is 0.254 e. The number of nitriles is 1. The summed E-state index contributed by atoms with van der Waals surface area (Å²) in [6.07, 6.45) is 2.74. The van der Waals surface area contributed by atoms with Gasteiger partial charge in [0.15, 0.2) is 6.61 Å². The summed E-state index contributed by atoms with van der Waals surface area (Å²) in [5.74, 6) is 0.205. The Kier molecular flexibility index (Phi) is 10.4. The van der Waals surface area contributed by atoms with Crippen molar-refractivity contribution < 1.29 is 18.3 Å². The Morgan fingerprint density at radius 1 is 1.12 bits per heavy atom. The van der Waals surface area contributed by atoms with Crippen LogP contribution in [0.15, 0.2) is 79.3 Å². The molecule has 0 spiro atoms. The van der Waals surface area contributed by atoms with Crippen LogP contribution in [0.25, 0.3) is 0 Å². The second-order valence-corrected chi connectivity index (χ2v) is 10.5. The minimum Gasteiger partial charge on any atom is -0.479 e. The Labute approximate surface area is 235 Å². The maximum absolute atomic E-state index is 14.4. The molecular weight excluding hydrogens is 510 g/mol. The number of anilines is 1. The van der Waals surface area contributed by atoms with Crippen molar-refractivity contribution in [1.82, 2.24) is 9.88 Å². The smallest absolute Gasteiger partial charge is 0.254 e. The molecule has 0 fully saturated rings. The zero-order valence-electron chi connectivity index (χ0n) is 23.5. The van der Waals surface area contributed by atoms with Gasteiger partial charge in [-0.25, -0.2) is 8.78 Å². The lowest BCUT2D eigenvalue weighted by atomic mass is 10.0. The minimum absolute atomic E-state index is 0.0142. The number of halogens is 2. The van der Waals surface area contributed by atoms with Crippen LogP contribution in [0.1, 0.15) is 47.8 Å². The first-order valence-corrected chi connectivity index (χ1v) is 13.1. The van der Waals surface area contributed by atoms with Crippen molar-refractivity contribution in [3.05, 3.63) is 102 Å². The minimum atomic E-state index is -1.65. The second-order valence-electron chi connectivity index (χ2n) is 10.5. The Morgan fingerprint density at radius 3 is 2.38 bits per heavy atom. The SMILES string of the molecule is C=C(Cc1ccc(OCC#N)cc1)N(Cc1ccncc1)c1ccc(C(=O)N(CC(C)F)CC(C)(C)F)cc1C. The number of aromatic nitrogens is 1. The van der Waals surface area contributed by atoms with Crippen LogP contribution in [0, 0.1) is 18.3 Å². The van der Waals surface area contributed by atoms with Crippen LogP contribution in [-0.4, -0.2) is 47.3 Å². The van der Waals surface area contributed by atoms with E-state index in [-0.39, 0.29) is 19.7 Å². The average Bonchev–Trinajstić information content (AvgIpc) is 2.90. The topological polar surface area (TPSA) is 69.5 Å². The highest BCUT2D eigenvalue weighted by Gasteiger charge is 2.27. The molecule has 0 saturated heterocycles. The molecule has 1 heterocycles. The van der Waals surface area contributed by atoms with Crippen LogP contribution in [0.4, 0.5) is 14.5 Å². The van der Waals surface area contributed by atoms with Crippen molar-refractivity contribution in [2.45, 2.75) is 52.5 Å². The van der Waals surface area contributed by atoms with E-state index in [1.54, 1.807) is 24.5 Å². The molecule has 2 aromatic carbocycles. The first kappa shape index (κ1) is 30.3. The van der Waals surface area contributed by atoms with Gasteiger partial charge in [0.1, 0.15) is 23.7 Å². The molecule has 40 heavy (non-hydrogen) atoms. The quantitative estimate of drug-likeness (QED) is 0.242. The van der Waals surface area contributed by atoms with Gasteiger partial charge in [-0.05, 0) is 86.8 Å². The second kappa shape index (κ2) is 13.7. The number of carbonyl (C=O) groups excluding carboxylic acids is 1. The molecule has 0 aliphatic heterocycles. The fraction of sp³-hybridized carbons (Fsp3) is 0.344. The Balaban J connectivity index is 1.89. The van der Waals surface area contributed by atoms with E-state index in [4.69, 9.17) is 10.00 Å². The van der Waals surface area contributed by atoms with Crippen molar-refractivity contribution in [1.29, 1.82) is 5.26 Å². The number of benzene rings is 2. The lowest BCUT2D eigenvalue weighted by molar-refractivity contribution is 0.0574. The molecule has 1 atom stereocenters. The normalized spacial score (nSPS) is 11.8. The van der Waals surface area contributed by atoms with Gasteiger partial charge in [0.05, 0.1) is 13.1 Å². The summed E-state index contributed by atoms with van der Waals surface area (Å²) in [7, 11) is 0. The predicted octanol–water partition coefficient (Wildman–Crippen LogP) is 6.60. The summed E-state index contributed by atoms with van der Waals surface area (Å²) in [4.78, 5) is 20.7. The van der Waals surface area contributed by atoms with Gasteiger partial charge in [-0.15, -0.1) is 0 Å². The fourth-order valence-electron chi connectivity index (χ4n) is 4.44. The van der Waals surface area contributed by atoms with Gasteiger partial charge in [-0.2, -0.15) is 5.26 Å². The fourth-order valence-corrected chi connectivity index (χ4v) is 4.44. The Morgan fingerprint density at radius 2 is 1.80 bits per heavy atom. The van der Waals surface area contributed by atoms with Crippen LogP contribution >= 0.6 is 0 Å². The Hall–Kier alpha value is -4.25. The van der Waals surface area contributed by atoms with Gasteiger partial charge in [0, 0.05) is 42.3 Å². The van der Waals surface area contributed by atoms with Gasteiger partial charge in [0.25, 0.3) is 5.91 Å². The zero-order valence-corrected chi connectivity index (χ0v) is 23.5. The third-order valence-electron chi connectivity index (χ3n) is 6.17. The molecule has 0 saturated carbocycles. The highest BCUT2D eigenvalue weighted by molar-refractivity contribution is 5.95. The van der Waals surface area contributed by atoms with Crippen molar-refractivity contribution in [2.75, 3.05) is 24.6 Å². The zero-order chi connectivity index (χ0) is 29.3. The molecule has 1 amide bonds. The van der Waals surface area contributed by atoms with Crippen LogP contribution in [-0.2, 0) is 13.0 Å². The number of hydrogen-bond acceptors (Lipinski definition) is 5. The number of carbonyl (C=O) groups is 1. The van der Waals surface area contributed by atoms with Crippen molar-refractivity contribution >= 4 is 11.6 Å². The van der Waals surface area contributed by atoms with E-state index in [1.165, 1.54) is 25.7 Å². The number of nitrogens with zero attached hydrogens (tertiary/aromatic N) is 4. The summed E-state index contributed by atoms with van der Waals surface area (Å²) in [5, 5.41) is 8.72. The van der Waals surface area contributed by atoms with Crippen LogP contribution in [0.5, 0.6) is 5.75 Å². The summed E-state index contributed by atoms with van der Waals surface area (Å²) in [5.41, 5.74) is 3.29. The third kappa shape index (κ3) is 8.91. The number of hydrogen-bond donors (Lipinski definition) is 0. The van der Waals surface area contributed by atoms with E-state index in [0.717, 1.165) is 28.1 Å². The molecule has 6 nitrogen and oxygen atoms in total. The Bertz CT molecular complexity index is 1330. The third-order valence-corrected chi connectivity index (χ3v) is 6.17. The number of alkyl halides is 2. The average molecular weight is 547 g/mol. The largest absolute Gasteiger partial charge is 0.479 e. The molecule has 1 aromatic heterocycles. The van der Waals surface area contributed by atoms with Gasteiger partial charge < -0.3 is 14.5 Å².